The molecule has 0 radical (unpaired) electrons. The van der Waals surface area contributed by atoms with E-state index in [-0.39, 0.29) is 16.9 Å². The van der Waals surface area contributed by atoms with Crippen LogP contribution in [0.25, 0.3) is 0 Å². The molecule has 1 saturated heterocycles. The number of fused-ring (bicyclic) bond motifs is 5. The molecule has 0 bridgehead atoms. The van der Waals surface area contributed by atoms with Crippen molar-refractivity contribution in [2.75, 3.05) is 13.1 Å². The van der Waals surface area contributed by atoms with Gasteiger partial charge in [0.1, 0.15) is 0 Å². The molecule has 4 fully saturated rings. The van der Waals surface area contributed by atoms with E-state index in [1.54, 1.807) is 5.57 Å². The number of aliphatic hydroxyl groups is 1. The third-order valence-electron chi connectivity index (χ3n) is 14.6. The second-order valence-electron chi connectivity index (χ2n) is 15.4. The third-order valence-corrected chi connectivity index (χ3v) is 14.6. The molecule has 1 N–H and O–H groups in total. The van der Waals surface area contributed by atoms with Crippen molar-refractivity contribution in [3.8, 4) is 0 Å². The van der Waals surface area contributed by atoms with Gasteiger partial charge in [-0.15, -0.1) is 0 Å². The molecule has 0 spiro atoms. The average molecular weight is 512 g/mol. The summed E-state index contributed by atoms with van der Waals surface area (Å²) in [4.78, 5) is 15.2. The molecular weight excluding hydrogens is 454 g/mol. The zero-order chi connectivity index (χ0) is 26.9. The topological polar surface area (TPSA) is 40.5 Å². The van der Waals surface area contributed by atoms with Crippen LogP contribution in [0.15, 0.2) is 11.6 Å². The highest BCUT2D eigenvalue weighted by Crippen LogP contribution is 2.82. The van der Waals surface area contributed by atoms with E-state index in [1.165, 1.54) is 51.4 Å². The van der Waals surface area contributed by atoms with Gasteiger partial charge in [-0.2, -0.15) is 0 Å². The van der Waals surface area contributed by atoms with Crippen LogP contribution in [0.3, 0.4) is 0 Å². The van der Waals surface area contributed by atoms with Gasteiger partial charge in [-0.3, -0.25) is 4.79 Å². The maximum atomic E-state index is 13.1. The predicted octanol–water partition coefficient (Wildman–Crippen LogP) is 8.16. The Kier molecular flexibility index (Phi) is 7.03. The number of carbonyl (C=O) groups is 1. The number of amides is 1. The molecule has 1 amide bonds. The number of carbonyl (C=O) groups excluding carboxylic acids is 1. The van der Waals surface area contributed by atoms with Gasteiger partial charge in [0.15, 0.2) is 0 Å². The maximum absolute atomic E-state index is 13.1. The molecule has 8 atom stereocenters. The highest BCUT2D eigenvalue weighted by molar-refractivity contribution is 5.76. The molecule has 3 heteroatoms. The fourth-order valence-corrected chi connectivity index (χ4v) is 11.6. The Balaban J connectivity index is 1.38. The molecule has 37 heavy (non-hydrogen) atoms. The van der Waals surface area contributed by atoms with Gasteiger partial charge >= 0.3 is 0 Å². The van der Waals surface area contributed by atoms with Crippen molar-refractivity contribution in [1.29, 1.82) is 0 Å². The fourth-order valence-electron chi connectivity index (χ4n) is 11.6. The molecule has 210 valence electrons. The van der Waals surface area contributed by atoms with Gasteiger partial charge in [0, 0.05) is 19.5 Å². The van der Waals surface area contributed by atoms with Crippen molar-refractivity contribution in [3.63, 3.8) is 0 Å². The highest BCUT2D eigenvalue weighted by Gasteiger charge is 2.74. The van der Waals surface area contributed by atoms with Crippen LogP contribution < -0.4 is 0 Å². The van der Waals surface area contributed by atoms with Crippen molar-refractivity contribution in [1.82, 2.24) is 4.90 Å². The van der Waals surface area contributed by atoms with Gasteiger partial charge in [0.05, 0.1) is 6.10 Å². The lowest BCUT2D eigenvalue weighted by atomic mass is 9.30. The van der Waals surface area contributed by atoms with Gasteiger partial charge in [-0.1, -0.05) is 60.1 Å². The van der Waals surface area contributed by atoms with Crippen LogP contribution in [0.1, 0.15) is 132 Å². The quantitative estimate of drug-likeness (QED) is 0.378. The van der Waals surface area contributed by atoms with Gasteiger partial charge in [-0.25, -0.2) is 0 Å². The predicted molar refractivity (Wildman–Crippen MR) is 153 cm³/mol. The number of rotatable bonds is 5. The Morgan fingerprint density at radius 1 is 1.03 bits per heavy atom. The van der Waals surface area contributed by atoms with Crippen LogP contribution in [-0.4, -0.2) is 35.1 Å². The molecule has 3 nitrogen and oxygen atoms in total. The summed E-state index contributed by atoms with van der Waals surface area (Å²) >= 11 is 0. The number of piperidine rings is 1. The monoisotopic (exact) mass is 511 g/mol. The second kappa shape index (κ2) is 9.38. The summed E-state index contributed by atoms with van der Waals surface area (Å²) in [5.74, 6) is 2.50. The van der Waals surface area contributed by atoms with E-state index in [4.69, 9.17) is 0 Å². The Morgan fingerprint density at radius 2 is 1.73 bits per heavy atom. The summed E-state index contributed by atoms with van der Waals surface area (Å²) < 4.78 is 0. The van der Waals surface area contributed by atoms with Crippen molar-refractivity contribution >= 4 is 5.91 Å². The van der Waals surface area contributed by atoms with E-state index in [2.05, 4.69) is 59.4 Å². The fraction of sp³-hybridized carbons (Fsp3) is 0.912. The van der Waals surface area contributed by atoms with Gasteiger partial charge in [-0.05, 0) is 122 Å². The van der Waals surface area contributed by atoms with Gasteiger partial charge in [0.2, 0.25) is 5.91 Å². The summed E-state index contributed by atoms with van der Waals surface area (Å²) in [5, 5.41) is 10.5. The number of aliphatic hydroxyl groups excluding tert-OH is 1. The number of allylic oxidation sites excluding steroid dienone is 1. The van der Waals surface area contributed by atoms with Crippen molar-refractivity contribution in [2.45, 2.75) is 138 Å². The molecule has 5 aliphatic rings. The first-order valence-corrected chi connectivity index (χ1v) is 16.0. The second-order valence-corrected chi connectivity index (χ2v) is 15.4. The Bertz CT molecular complexity index is 919. The first kappa shape index (κ1) is 27.7. The van der Waals surface area contributed by atoms with Crippen LogP contribution in [0.5, 0.6) is 0 Å². The maximum Gasteiger partial charge on any atom is 0.222 e. The minimum Gasteiger partial charge on any atom is -0.393 e. The Morgan fingerprint density at radius 3 is 2.41 bits per heavy atom. The molecule has 1 unspecified atom stereocenters. The van der Waals surface area contributed by atoms with E-state index in [0.717, 1.165) is 51.1 Å². The molecule has 1 aliphatic heterocycles. The van der Waals surface area contributed by atoms with Crippen LogP contribution in [-0.2, 0) is 4.79 Å². The first-order chi connectivity index (χ1) is 17.4. The number of hydrogen-bond acceptors (Lipinski definition) is 2. The van der Waals surface area contributed by atoms with Crippen LogP contribution in [0, 0.1) is 44.8 Å². The minimum absolute atomic E-state index is 0.144. The molecule has 1 heterocycles. The lowest BCUT2D eigenvalue weighted by Gasteiger charge is -2.74. The number of nitrogens with zero attached hydrogens (tertiary/aromatic N) is 1. The first-order valence-electron chi connectivity index (χ1n) is 16.0. The van der Waals surface area contributed by atoms with Crippen LogP contribution >= 0.6 is 0 Å². The number of likely N-dealkylation sites (tertiary alicyclic amines) is 1. The summed E-state index contributed by atoms with van der Waals surface area (Å²) in [5.41, 5.74) is 3.02. The molecular formula is C34H57NO2. The van der Waals surface area contributed by atoms with E-state index < -0.39 is 0 Å². The molecule has 0 aromatic heterocycles. The molecule has 3 saturated carbocycles. The number of hydrogen-bond donors (Lipinski definition) is 1. The van der Waals surface area contributed by atoms with E-state index in [1.807, 2.05) is 0 Å². The van der Waals surface area contributed by atoms with E-state index in [9.17, 15) is 9.90 Å². The standard InChI is InChI=1S/C34H57NO2/c1-8-34-18-11-26-23-27(36)12-16-30(26,4)33(34,7)20-19-31(5)28(13-17-32(31,34)6)25(3)9-10-29(37)35-21-14-24(2)15-22-35/h11,24-25,27-28,36H,8-10,12-23H2,1-7H3/t25-,27+,28?,30+,31-,32-,33-,34+/m1/s1. The van der Waals surface area contributed by atoms with Crippen molar-refractivity contribution in [2.24, 2.45) is 44.8 Å². The summed E-state index contributed by atoms with van der Waals surface area (Å²) in [6.45, 7) is 19.8. The van der Waals surface area contributed by atoms with Crippen molar-refractivity contribution in [3.05, 3.63) is 11.6 Å². The highest BCUT2D eigenvalue weighted by atomic mass is 16.3. The van der Waals surface area contributed by atoms with Crippen LogP contribution in [0.2, 0.25) is 0 Å². The third kappa shape index (κ3) is 3.71. The lowest BCUT2D eigenvalue weighted by molar-refractivity contribution is -0.233. The smallest absolute Gasteiger partial charge is 0.222 e. The largest absolute Gasteiger partial charge is 0.393 e. The summed E-state index contributed by atoms with van der Waals surface area (Å²) in [6, 6.07) is 0. The molecule has 0 aromatic rings. The molecule has 5 rings (SSSR count). The van der Waals surface area contributed by atoms with Gasteiger partial charge in [0.25, 0.3) is 0 Å². The van der Waals surface area contributed by atoms with Gasteiger partial charge < -0.3 is 10.0 Å². The lowest BCUT2D eigenvalue weighted by Crippen LogP contribution is -2.67. The Hall–Kier alpha value is -0.830. The van der Waals surface area contributed by atoms with E-state index in [0.29, 0.717) is 34.0 Å². The zero-order valence-electron chi connectivity index (χ0n) is 25.3. The normalized spacial score (nSPS) is 47.0. The Labute approximate surface area is 228 Å². The molecule has 4 aliphatic carbocycles. The van der Waals surface area contributed by atoms with Crippen LogP contribution in [0.4, 0.5) is 0 Å². The SMILES string of the molecule is CC[C@@]12CC=C3C[C@@H](O)CC[C@]3(C)[C@@]1(C)CC[C@]1(C)C([C@H](C)CCC(=O)N3CCC(C)CC3)CC[C@@]21C. The zero-order valence-corrected chi connectivity index (χ0v) is 25.3. The molecule has 0 aromatic carbocycles. The summed E-state index contributed by atoms with van der Waals surface area (Å²) in [7, 11) is 0. The van der Waals surface area contributed by atoms with E-state index >= 15 is 0 Å². The van der Waals surface area contributed by atoms with Crippen molar-refractivity contribution < 1.29 is 9.90 Å². The average Bonchev–Trinajstić information content (AvgIpc) is 3.15. The minimum atomic E-state index is -0.144. The summed E-state index contributed by atoms with van der Waals surface area (Å²) in [6.07, 6.45) is 17.3.